The summed E-state index contributed by atoms with van der Waals surface area (Å²) >= 11 is 0. The Morgan fingerprint density at radius 1 is 1.38 bits per heavy atom. The molecule has 4 atom stereocenters. The van der Waals surface area contributed by atoms with Crippen molar-refractivity contribution in [3.63, 3.8) is 0 Å². The van der Waals surface area contributed by atoms with Gasteiger partial charge in [0, 0.05) is 12.6 Å². The van der Waals surface area contributed by atoms with Crippen LogP contribution in [0.3, 0.4) is 0 Å². The fourth-order valence-corrected chi connectivity index (χ4v) is 2.59. The third kappa shape index (κ3) is 2.05. The molecule has 0 saturated heterocycles. The first kappa shape index (κ1) is 9.47. The normalized spacial score (nSPS) is 44.3. The van der Waals surface area contributed by atoms with Gasteiger partial charge in [-0.1, -0.05) is 6.92 Å². The Labute approximate surface area is 80.9 Å². The molecule has 2 fully saturated rings. The van der Waals surface area contributed by atoms with Gasteiger partial charge in [-0.3, -0.25) is 0 Å². The molecule has 2 heteroatoms. The minimum Gasteiger partial charge on any atom is -0.391 e. The third-order valence-electron chi connectivity index (χ3n) is 3.81. The van der Waals surface area contributed by atoms with E-state index in [0.717, 1.165) is 18.3 Å². The summed E-state index contributed by atoms with van der Waals surface area (Å²) in [5.74, 6) is 1.85. The molecule has 0 spiro atoms. The average molecular weight is 183 g/mol. The van der Waals surface area contributed by atoms with Crippen molar-refractivity contribution in [1.29, 1.82) is 0 Å². The van der Waals surface area contributed by atoms with Crippen LogP contribution in [0.2, 0.25) is 0 Å². The summed E-state index contributed by atoms with van der Waals surface area (Å²) < 4.78 is 0. The van der Waals surface area contributed by atoms with Gasteiger partial charge >= 0.3 is 0 Å². The average Bonchev–Trinajstić information content (AvgIpc) is 2.62. The summed E-state index contributed by atoms with van der Waals surface area (Å²) in [5, 5.41) is 9.72. The first-order valence-electron chi connectivity index (χ1n) is 5.57. The first-order valence-corrected chi connectivity index (χ1v) is 5.57. The molecule has 2 saturated carbocycles. The van der Waals surface area contributed by atoms with E-state index >= 15 is 0 Å². The second-order valence-electron chi connectivity index (χ2n) is 4.98. The molecule has 2 aliphatic carbocycles. The molecule has 0 amide bonds. The van der Waals surface area contributed by atoms with Crippen LogP contribution >= 0.6 is 0 Å². The molecule has 2 nitrogen and oxygen atoms in total. The predicted molar refractivity (Wildman–Crippen MR) is 53.5 cm³/mol. The van der Waals surface area contributed by atoms with Crippen LogP contribution in [0.15, 0.2) is 0 Å². The van der Waals surface area contributed by atoms with Gasteiger partial charge in [0.1, 0.15) is 0 Å². The smallest absolute Gasteiger partial charge is 0.0695 e. The van der Waals surface area contributed by atoms with E-state index in [1.54, 1.807) is 0 Å². The Morgan fingerprint density at radius 3 is 2.54 bits per heavy atom. The zero-order valence-electron chi connectivity index (χ0n) is 8.74. The number of aliphatic hydroxyl groups excluding tert-OH is 1. The van der Waals surface area contributed by atoms with Crippen molar-refractivity contribution < 1.29 is 5.11 Å². The predicted octanol–water partition coefficient (Wildman–Crippen LogP) is 1.49. The molecule has 0 radical (unpaired) electrons. The van der Waals surface area contributed by atoms with Crippen molar-refractivity contribution in [3.8, 4) is 0 Å². The second kappa shape index (κ2) is 3.58. The van der Waals surface area contributed by atoms with Gasteiger partial charge in [0.25, 0.3) is 0 Å². The summed E-state index contributed by atoms with van der Waals surface area (Å²) in [5.41, 5.74) is 0. The lowest BCUT2D eigenvalue weighted by Crippen LogP contribution is -2.38. The molecule has 1 N–H and O–H groups in total. The van der Waals surface area contributed by atoms with E-state index in [9.17, 15) is 5.11 Å². The Morgan fingerprint density at radius 2 is 2.08 bits per heavy atom. The zero-order chi connectivity index (χ0) is 9.42. The molecule has 0 aromatic carbocycles. The molecule has 0 aliphatic heterocycles. The summed E-state index contributed by atoms with van der Waals surface area (Å²) in [6, 6.07) is 0.452. The van der Waals surface area contributed by atoms with Crippen LogP contribution in [0.25, 0.3) is 0 Å². The van der Waals surface area contributed by atoms with Gasteiger partial charge < -0.3 is 10.0 Å². The number of aliphatic hydroxyl groups is 1. The second-order valence-corrected chi connectivity index (χ2v) is 4.98. The number of hydrogen-bond donors (Lipinski definition) is 1. The van der Waals surface area contributed by atoms with Crippen LogP contribution in [0.4, 0.5) is 0 Å². The first-order chi connectivity index (χ1) is 6.18. The van der Waals surface area contributed by atoms with E-state index in [0.29, 0.717) is 6.04 Å². The highest BCUT2D eigenvalue weighted by atomic mass is 16.3. The van der Waals surface area contributed by atoms with Gasteiger partial charge in [-0.25, -0.2) is 0 Å². The highest BCUT2D eigenvalue weighted by Crippen LogP contribution is 2.39. The lowest BCUT2D eigenvalue weighted by molar-refractivity contribution is 0.0831. The van der Waals surface area contributed by atoms with Crippen molar-refractivity contribution in [1.82, 2.24) is 4.90 Å². The lowest BCUT2D eigenvalue weighted by atomic mass is 10.1. The summed E-state index contributed by atoms with van der Waals surface area (Å²) in [6.45, 7) is 3.52. The standard InChI is InChI=1S/C11H21NO/c1-8-6-9(8)7-12(2)10-4-3-5-11(10)13/h8-11,13H,3-7H2,1-2H3/t8?,9?,10-,11-/m1/s1. The molecular formula is C11H21NO. The van der Waals surface area contributed by atoms with Crippen LogP contribution in [0.1, 0.15) is 32.6 Å². The molecule has 0 aromatic rings. The molecule has 13 heavy (non-hydrogen) atoms. The van der Waals surface area contributed by atoms with Crippen LogP contribution in [-0.2, 0) is 0 Å². The zero-order valence-corrected chi connectivity index (χ0v) is 8.74. The monoisotopic (exact) mass is 183 g/mol. The summed E-state index contributed by atoms with van der Waals surface area (Å²) in [7, 11) is 2.17. The fraction of sp³-hybridized carbons (Fsp3) is 1.00. The lowest BCUT2D eigenvalue weighted by Gasteiger charge is -2.26. The van der Waals surface area contributed by atoms with Crippen LogP contribution in [0.5, 0.6) is 0 Å². The molecule has 2 unspecified atom stereocenters. The van der Waals surface area contributed by atoms with Crippen molar-refractivity contribution in [2.75, 3.05) is 13.6 Å². The maximum atomic E-state index is 9.72. The quantitative estimate of drug-likeness (QED) is 0.716. The van der Waals surface area contributed by atoms with Gasteiger partial charge in [-0.2, -0.15) is 0 Å². The highest BCUT2D eigenvalue weighted by molar-refractivity contribution is 4.89. The Bertz CT molecular complexity index is 183. The molecule has 2 rings (SSSR count). The Kier molecular flexibility index (Phi) is 2.61. The minimum atomic E-state index is -0.0564. The Hall–Kier alpha value is -0.0800. The van der Waals surface area contributed by atoms with Gasteiger partial charge in [0.2, 0.25) is 0 Å². The van der Waals surface area contributed by atoms with E-state index in [-0.39, 0.29) is 6.10 Å². The number of nitrogens with zero attached hydrogens (tertiary/aromatic N) is 1. The van der Waals surface area contributed by atoms with E-state index in [4.69, 9.17) is 0 Å². The van der Waals surface area contributed by atoms with E-state index < -0.39 is 0 Å². The van der Waals surface area contributed by atoms with Crippen LogP contribution < -0.4 is 0 Å². The van der Waals surface area contributed by atoms with Gasteiger partial charge in [0.05, 0.1) is 6.10 Å². The van der Waals surface area contributed by atoms with Crippen molar-refractivity contribution in [2.24, 2.45) is 11.8 Å². The molecule has 76 valence electrons. The molecule has 0 aromatic heterocycles. The minimum absolute atomic E-state index is 0.0564. The number of rotatable bonds is 3. The molecule has 0 heterocycles. The van der Waals surface area contributed by atoms with E-state index in [1.165, 1.54) is 25.8 Å². The van der Waals surface area contributed by atoms with E-state index in [2.05, 4.69) is 18.9 Å². The van der Waals surface area contributed by atoms with Gasteiger partial charge in [-0.05, 0) is 44.6 Å². The molecule has 2 aliphatic rings. The SMILES string of the molecule is CC1CC1CN(C)[C@@H]1CCC[C@H]1O. The topological polar surface area (TPSA) is 23.5 Å². The van der Waals surface area contributed by atoms with E-state index in [1.807, 2.05) is 0 Å². The van der Waals surface area contributed by atoms with Crippen molar-refractivity contribution >= 4 is 0 Å². The molecule has 0 bridgehead atoms. The van der Waals surface area contributed by atoms with Crippen LogP contribution in [-0.4, -0.2) is 35.7 Å². The highest BCUT2D eigenvalue weighted by Gasteiger charge is 2.36. The number of hydrogen-bond acceptors (Lipinski definition) is 2. The maximum absolute atomic E-state index is 9.72. The van der Waals surface area contributed by atoms with Crippen molar-refractivity contribution in [2.45, 2.75) is 44.8 Å². The van der Waals surface area contributed by atoms with Crippen LogP contribution in [0, 0.1) is 11.8 Å². The van der Waals surface area contributed by atoms with Gasteiger partial charge in [0.15, 0.2) is 0 Å². The summed E-state index contributed by atoms with van der Waals surface area (Å²) in [4.78, 5) is 2.38. The maximum Gasteiger partial charge on any atom is 0.0695 e. The third-order valence-corrected chi connectivity index (χ3v) is 3.81. The van der Waals surface area contributed by atoms with Gasteiger partial charge in [-0.15, -0.1) is 0 Å². The van der Waals surface area contributed by atoms with Crippen molar-refractivity contribution in [3.05, 3.63) is 0 Å². The molecular weight excluding hydrogens is 162 g/mol. The Balaban J connectivity index is 1.78. The number of likely N-dealkylation sites (N-methyl/N-ethyl adjacent to an activating group) is 1. The largest absolute Gasteiger partial charge is 0.391 e. The fourth-order valence-electron chi connectivity index (χ4n) is 2.59. The summed E-state index contributed by atoms with van der Waals surface area (Å²) in [6.07, 6.45) is 4.75.